The number of hydrogen-bond acceptors (Lipinski definition) is 10. The number of benzene rings is 2. The molecule has 7 rings (SSSR count). The van der Waals surface area contributed by atoms with Gasteiger partial charge in [0, 0.05) is 42.3 Å². The Morgan fingerprint density at radius 3 is 2.84 bits per heavy atom. The maximum Gasteiger partial charge on any atom is 0.286 e. The van der Waals surface area contributed by atoms with Crippen LogP contribution in [0.5, 0.6) is 11.6 Å². The van der Waals surface area contributed by atoms with Crippen LogP contribution in [-0.2, 0) is 33.5 Å². The van der Waals surface area contributed by atoms with Crippen molar-refractivity contribution in [3.05, 3.63) is 82.0 Å². The Hall–Kier alpha value is -3.95. The van der Waals surface area contributed by atoms with Crippen molar-refractivity contribution in [2.24, 2.45) is 29.2 Å². The summed E-state index contributed by atoms with van der Waals surface area (Å²) in [6.45, 7) is 3.19. The SMILES string of the molecule is COc1nn(C)cc1C(=O)NS1(=O)=NC(=O)c2ccc3c(c2)N(C[C@@H]2CC[C@H]2[C@@H](OCC(O)CO)/C=C\C[C@H](C)C1)C[C@@]1(CCCc2cc(Cl)ccc21)CO3. The van der Waals surface area contributed by atoms with E-state index in [-0.39, 0.29) is 58.6 Å². The van der Waals surface area contributed by atoms with E-state index in [1.807, 2.05) is 25.1 Å². The minimum Gasteiger partial charge on any atom is -0.490 e. The van der Waals surface area contributed by atoms with Crippen LogP contribution in [0.1, 0.15) is 70.9 Å². The van der Waals surface area contributed by atoms with Gasteiger partial charge in [-0.1, -0.05) is 36.7 Å². The zero-order valence-corrected chi connectivity index (χ0v) is 33.1. The van der Waals surface area contributed by atoms with E-state index in [0.717, 1.165) is 37.8 Å². The highest BCUT2D eigenvalue weighted by Crippen LogP contribution is 2.47. The van der Waals surface area contributed by atoms with Crippen molar-refractivity contribution in [3.63, 3.8) is 0 Å². The topological polar surface area (TPSA) is 165 Å². The van der Waals surface area contributed by atoms with E-state index < -0.39 is 34.4 Å². The number of anilines is 1. The summed E-state index contributed by atoms with van der Waals surface area (Å²) in [6, 6.07) is 11.3. The van der Waals surface area contributed by atoms with Crippen molar-refractivity contribution < 1.29 is 38.2 Å². The maximum atomic E-state index is 14.7. The number of carbonyl (C=O) groups excluding carboxylic acids is 2. The van der Waals surface area contributed by atoms with Crippen LogP contribution >= 0.6 is 11.6 Å². The number of aromatic nitrogens is 2. The lowest BCUT2D eigenvalue weighted by atomic mass is 9.68. The van der Waals surface area contributed by atoms with Crippen LogP contribution in [0.2, 0.25) is 5.02 Å². The number of halogens is 1. The number of aliphatic hydroxyl groups is 2. The number of aryl methyl sites for hydroxylation is 2. The van der Waals surface area contributed by atoms with E-state index in [2.05, 4.69) is 31.2 Å². The lowest BCUT2D eigenvalue weighted by Crippen LogP contribution is -2.50. The van der Waals surface area contributed by atoms with Gasteiger partial charge in [0.15, 0.2) is 0 Å². The molecular formula is C40H50ClN5O8S. The number of allylic oxidation sites excluding steroid dienone is 1. The van der Waals surface area contributed by atoms with E-state index >= 15 is 0 Å². The molecule has 0 radical (unpaired) electrons. The molecular weight excluding hydrogens is 746 g/mol. The summed E-state index contributed by atoms with van der Waals surface area (Å²) in [5, 5.41) is 24.6. The van der Waals surface area contributed by atoms with Crippen LogP contribution < -0.4 is 19.1 Å². The van der Waals surface area contributed by atoms with Crippen molar-refractivity contribution in [1.82, 2.24) is 14.5 Å². The molecule has 3 heterocycles. The summed E-state index contributed by atoms with van der Waals surface area (Å²) >= 11 is 6.47. The predicted molar refractivity (Wildman–Crippen MR) is 209 cm³/mol. The van der Waals surface area contributed by atoms with Crippen LogP contribution in [0.4, 0.5) is 5.69 Å². The smallest absolute Gasteiger partial charge is 0.286 e. The van der Waals surface area contributed by atoms with Gasteiger partial charge in [-0.15, -0.1) is 9.46 Å². The van der Waals surface area contributed by atoms with E-state index in [9.17, 15) is 24.0 Å². The molecule has 2 amide bonds. The largest absolute Gasteiger partial charge is 0.490 e. The molecule has 3 N–H and O–H groups in total. The second kappa shape index (κ2) is 16.3. The lowest BCUT2D eigenvalue weighted by molar-refractivity contribution is -0.0585. The summed E-state index contributed by atoms with van der Waals surface area (Å²) in [6.07, 6.45) is 9.24. The van der Waals surface area contributed by atoms with Gasteiger partial charge in [-0.3, -0.25) is 19.0 Å². The summed E-state index contributed by atoms with van der Waals surface area (Å²) in [5.41, 5.74) is 3.13. The molecule has 2 unspecified atom stereocenters. The Morgan fingerprint density at radius 2 is 2.07 bits per heavy atom. The number of hydrogen-bond donors (Lipinski definition) is 3. The first-order valence-corrected chi connectivity index (χ1v) is 21.0. The Kier molecular flexibility index (Phi) is 11.6. The number of aliphatic hydroxyl groups excluding tert-OH is 2. The first kappa shape index (κ1) is 39.3. The Bertz CT molecular complexity index is 2080. The van der Waals surface area contributed by atoms with E-state index in [4.69, 9.17) is 25.8 Å². The van der Waals surface area contributed by atoms with Crippen LogP contribution in [0.25, 0.3) is 0 Å². The second-order valence-electron chi connectivity index (χ2n) is 15.6. The number of rotatable bonds is 7. The fourth-order valence-electron chi connectivity index (χ4n) is 8.54. The number of nitrogens with one attached hydrogen (secondary N) is 1. The molecule has 1 spiro atoms. The molecule has 3 aromatic rings. The van der Waals surface area contributed by atoms with Crippen molar-refractivity contribution in [2.45, 2.75) is 63.1 Å². The zero-order valence-electron chi connectivity index (χ0n) is 31.5. The monoisotopic (exact) mass is 795 g/mol. The van der Waals surface area contributed by atoms with Gasteiger partial charge in [0.25, 0.3) is 11.8 Å². The Labute approximate surface area is 327 Å². The molecule has 0 saturated heterocycles. The van der Waals surface area contributed by atoms with Gasteiger partial charge >= 0.3 is 0 Å². The molecule has 55 heavy (non-hydrogen) atoms. The summed E-state index contributed by atoms with van der Waals surface area (Å²) in [4.78, 5) is 30.0. The van der Waals surface area contributed by atoms with Crippen LogP contribution in [0, 0.1) is 17.8 Å². The van der Waals surface area contributed by atoms with Gasteiger partial charge in [0.1, 0.15) is 27.3 Å². The van der Waals surface area contributed by atoms with Crippen molar-refractivity contribution >= 4 is 39.0 Å². The quantitative estimate of drug-likeness (QED) is 0.281. The average Bonchev–Trinajstić information content (AvgIpc) is 3.46. The molecule has 7 atom stereocenters. The van der Waals surface area contributed by atoms with Crippen molar-refractivity contribution in [2.75, 3.05) is 50.7 Å². The maximum absolute atomic E-state index is 14.7. The molecule has 4 aliphatic rings. The highest BCUT2D eigenvalue weighted by Gasteiger charge is 2.44. The molecule has 2 aliphatic carbocycles. The highest BCUT2D eigenvalue weighted by molar-refractivity contribution is 7.92. The molecule has 1 saturated carbocycles. The minimum absolute atomic E-state index is 0.0187. The number of fused-ring (bicyclic) bond motifs is 4. The Morgan fingerprint density at radius 1 is 1.24 bits per heavy atom. The third-order valence-corrected chi connectivity index (χ3v) is 13.6. The van der Waals surface area contributed by atoms with E-state index in [1.54, 1.807) is 25.2 Å². The lowest BCUT2D eigenvalue weighted by Gasteiger charge is -2.46. The van der Waals surface area contributed by atoms with E-state index in [1.165, 1.54) is 29.1 Å². The second-order valence-corrected chi connectivity index (χ2v) is 18.0. The third kappa shape index (κ3) is 8.43. The highest BCUT2D eigenvalue weighted by atomic mass is 35.5. The van der Waals surface area contributed by atoms with Crippen LogP contribution in [0.3, 0.4) is 0 Å². The third-order valence-electron chi connectivity index (χ3n) is 11.4. The van der Waals surface area contributed by atoms with Gasteiger partial charge in [0.2, 0.25) is 5.88 Å². The first-order valence-electron chi connectivity index (χ1n) is 19.0. The van der Waals surface area contributed by atoms with Gasteiger partial charge in [-0.2, -0.15) is 0 Å². The molecule has 2 bridgehead atoms. The molecule has 13 nitrogen and oxygen atoms in total. The molecule has 2 aliphatic heterocycles. The molecule has 1 fully saturated rings. The molecule has 1 aromatic heterocycles. The average molecular weight is 796 g/mol. The normalized spacial score (nSPS) is 29.1. The minimum atomic E-state index is -3.67. The molecule has 2 aromatic carbocycles. The van der Waals surface area contributed by atoms with Gasteiger partial charge in [0.05, 0.1) is 44.5 Å². The fraction of sp³-hybridized carbons (Fsp3) is 0.525. The van der Waals surface area contributed by atoms with Crippen molar-refractivity contribution in [1.29, 1.82) is 0 Å². The number of carbonyl (C=O) groups is 2. The van der Waals surface area contributed by atoms with Crippen LogP contribution in [0.15, 0.2) is 59.1 Å². The number of nitrogens with zero attached hydrogens (tertiary/aromatic N) is 4. The van der Waals surface area contributed by atoms with Crippen molar-refractivity contribution in [3.8, 4) is 11.6 Å². The van der Waals surface area contributed by atoms with Gasteiger partial charge < -0.3 is 29.3 Å². The number of methoxy groups -OCH3 is 1. The summed E-state index contributed by atoms with van der Waals surface area (Å²) in [7, 11) is -0.652. The predicted octanol–water partition coefficient (Wildman–Crippen LogP) is 4.87. The standard InChI is InChI=1S/C40H50ClN5O8S/c1-25-6-4-8-35(53-21-30(48)20-47)31-12-9-28(31)18-46-23-40(15-5-7-26-16-29(41)11-13-33(26)40)24-54-36-14-10-27(17-34(36)46)37(49)43-55(51,22-25)44-38(50)32-19-45(2)42-39(32)52-3/h4,8,10-11,13-14,16-17,19,25,28,30-31,35,47-48H,5-7,9,12,15,18,20-24H2,1-3H3,(H,43,44,49,50,51)/b8-4-/t25-,28-,30?,31+,35-,40-,55?/m0/s1. The number of ether oxygens (including phenoxy) is 3. The van der Waals surface area contributed by atoms with Gasteiger partial charge in [-0.25, -0.2) is 4.21 Å². The van der Waals surface area contributed by atoms with E-state index in [0.29, 0.717) is 36.9 Å². The van der Waals surface area contributed by atoms with Gasteiger partial charge in [-0.05, 0) is 97.7 Å². The zero-order chi connectivity index (χ0) is 38.9. The molecule has 296 valence electrons. The summed E-state index contributed by atoms with van der Waals surface area (Å²) in [5.74, 6) is -0.773. The first-order chi connectivity index (χ1) is 26.4. The molecule has 15 heteroatoms. The van der Waals surface area contributed by atoms with Crippen LogP contribution in [-0.4, -0.2) is 94.0 Å². The fourth-order valence-corrected chi connectivity index (χ4v) is 10.6. The number of amides is 2. The Balaban J connectivity index is 1.30. The summed E-state index contributed by atoms with van der Waals surface area (Å²) < 4.78 is 41.1.